The van der Waals surface area contributed by atoms with Gasteiger partial charge in [-0.25, -0.2) is 13.6 Å². The van der Waals surface area contributed by atoms with Crippen molar-refractivity contribution in [3.8, 4) is 0 Å². The van der Waals surface area contributed by atoms with Crippen molar-refractivity contribution in [3.05, 3.63) is 30.3 Å². The Labute approximate surface area is 77.2 Å². The Kier molecular flexibility index (Phi) is 5.32. The van der Waals surface area contributed by atoms with Gasteiger partial charge in [-0.05, 0) is 12.1 Å². The molecule has 0 heterocycles. The summed E-state index contributed by atoms with van der Waals surface area (Å²) >= 11 is 0. The van der Waals surface area contributed by atoms with Gasteiger partial charge >= 0.3 is 7.69 Å². The zero-order valence-corrected chi connectivity index (χ0v) is 7.61. The molecule has 5 nitrogen and oxygen atoms in total. The SMILES string of the molecule is NS(=O)(=O)c1ccccc1.OBO. The molecule has 0 saturated carbocycles. The summed E-state index contributed by atoms with van der Waals surface area (Å²) in [6.45, 7) is 0. The number of nitrogens with two attached hydrogens (primary N) is 1. The van der Waals surface area contributed by atoms with Gasteiger partial charge in [-0.2, -0.15) is 0 Å². The molecule has 1 aromatic rings. The minimum Gasteiger partial charge on any atom is -0.430 e. The Morgan fingerprint density at radius 2 is 1.54 bits per heavy atom. The van der Waals surface area contributed by atoms with Crippen LogP contribution >= 0.6 is 0 Å². The van der Waals surface area contributed by atoms with Crippen molar-refractivity contribution in [2.75, 3.05) is 0 Å². The summed E-state index contributed by atoms with van der Waals surface area (Å²) in [6, 6.07) is 7.89. The van der Waals surface area contributed by atoms with Crippen LogP contribution in [0.5, 0.6) is 0 Å². The van der Waals surface area contributed by atoms with Crippen molar-refractivity contribution in [2.45, 2.75) is 4.90 Å². The summed E-state index contributed by atoms with van der Waals surface area (Å²) in [5.41, 5.74) is 0. The first kappa shape index (κ1) is 12.1. The molecule has 0 saturated heterocycles. The third-order valence-corrected chi connectivity index (χ3v) is 2.00. The standard InChI is InChI=1S/C6H7NO2S.BH3O2/c7-10(8,9)6-4-2-1-3-5-6;2-1-3/h1-5H,(H2,7,8,9);1-3H. The average molecular weight is 203 g/mol. The number of hydrogen-bond donors (Lipinski definition) is 3. The molecular formula is C6H10BNO4S. The third-order valence-electron chi connectivity index (χ3n) is 1.07. The quantitative estimate of drug-likeness (QED) is 0.487. The summed E-state index contributed by atoms with van der Waals surface area (Å²) in [5.74, 6) is 0. The number of sulfonamides is 1. The molecule has 0 aliphatic heterocycles. The number of rotatable bonds is 1. The molecule has 0 aliphatic carbocycles. The van der Waals surface area contributed by atoms with E-state index in [1.807, 2.05) is 0 Å². The van der Waals surface area contributed by atoms with Crippen molar-refractivity contribution in [2.24, 2.45) is 5.14 Å². The van der Waals surface area contributed by atoms with Crippen molar-refractivity contribution in [1.82, 2.24) is 0 Å². The molecule has 72 valence electrons. The van der Waals surface area contributed by atoms with Gasteiger partial charge < -0.3 is 10.0 Å². The minimum atomic E-state index is -3.50. The van der Waals surface area contributed by atoms with E-state index in [-0.39, 0.29) is 4.90 Å². The Balaban J connectivity index is 0.000000424. The molecule has 0 unspecified atom stereocenters. The lowest BCUT2D eigenvalue weighted by atomic mass is 10.4. The minimum absolute atomic E-state index is 0.148. The summed E-state index contributed by atoms with van der Waals surface area (Å²) in [5, 5.41) is 19.1. The van der Waals surface area contributed by atoms with Crippen LogP contribution in [0.3, 0.4) is 0 Å². The van der Waals surface area contributed by atoms with E-state index in [1.54, 1.807) is 18.2 Å². The molecular weight excluding hydrogens is 193 g/mol. The number of hydrogen-bond acceptors (Lipinski definition) is 4. The second-order valence-corrected chi connectivity index (χ2v) is 3.56. The first-order valence-corrected chi connectivity index (χ1v) is 4.86. The molecule has 13 heavy (non-hydrogen) atoms. The molecule has 1 rings (SSSR count). The maximum Gasteiger partial charge on any atom is 0.432 e. The summed E-state index contributed by atoms with van der Waals surface area (Å²) in [7, 11) is -4.25. The van der Waals surface area contributed by atoms with Crippen LogP contribution in [0.15, 0.2) is 35.2 Å². The van der Waals surface area contributed by atoms with Gasteiger partial charge in [0.25, 0.3) is 0 Å². The van der Waals surface area contributed by atoms with Gasteiger partial charge in [0.2, 0.25) is 10.0 Å². The molecule has 0 radical (unpaired) electrons. The Hall–Kier alpha value is -0.885. The maximum absolute atomic E-state index is 10.6. The maximum atomic E-state index is 10.6. The highest BCUT2D eigenvalue weighted by molar-refractivity contribution is 7.89. The second kappa shape index (κ2) is 5.71. The molecule has 0 fully saturated rings. The monoisotopic (exact) mass is 203 g/mol. The van der Waals surface area contributed by atoms with Crippen molar-refractivity contribution >= 4 is 17.7 Å². The fourth-order valence-corrected chi connectivity index (χ4v) is 1.15. The van der Waals surface area contributed by atoms with Crippen LogP contribution in [-0.4, -0.2) is 26.2 Å². The molecule has 4 N–H and O–H groups in total. The molecule has 7 heteroatoms. The van der Waals surface area contributed by atoms with Crippen LogP contribution in [0.1, 0.15) is 0 Å². The zero-order chi connectivity index (χ0) is 10.3. The van der Waals surface area contributed by atoms with Gasteiger partial charge in [-0.15, -0.1) is 0 Å². The fraction of sp³-hybridized carbons (Fsp3) is 0. The van der Waals surface area contributed by atoms with E-state index >= 15 is 0 Å². The summed E-state index contributed by atoms with van der Waals surface area (Å²) in [4.78, 5) is 0.148. The first-order valence-electron chi connectivity index (χ1n) is 3.32. The second-order valence-electron chi connectivity index (χ2n) is 2.00. The predicted molar refractivity (Wildman–Crippen MR) is 49.4 cm³/mol. The van der Waals surface area contributed by atoms with Crippen molar-refractivity contribution in [1.29, 1.82) is 0 Å². The molecule has 0 spiro atoms. The van der Waals surface area contributed by atoms with Gasteiger partial charge in [-0.3, -0.25) is 0 Å². The lowest BCUT2D eigenvalue weighted by Gasteiger charge is -1.93. The largest absolute Gasteiger partial charge is 0.432 e. The Morgan fingerprint density at radius 3 is 1.77 bits per heavy atom. The van der Waals surface area contributed by atoms with E-state index in [0.717, 1.165) is 0 Å². The van der Waals surface area contributed by atoms with Crippen LogP contribution in [0.25, 0.3) is 0 Å². The molecule has 0 aliphatic rings. The van der Waals surface area contributed by atoms with Gasteiger partial charge in [-0.1, -0.05) is 18.2 Å². The fourth-order valence-electron chi connectivity index (χ4n) is 0.610. The summed E-state index contributed by atoms with van der Waals surface area (Å²) < 4.78 is 21.2. The molecule has 0 amide bonds. The smallest absolute Gasteiger partial charge is 0.430 e. The van der Waals surface area contributed by atoms with Crippen LogP contribution in [0, 0.1) is 0 Å². The zero-order valence-electron chi connectivity index (χ0n) is 6.79. The average Bonchev–Trinajstić information content (AvgIpc) is 2.06. The van der Waals surface area contributed by atoms with Gasteiger partial charge in [0.15, 0.2) is 0 Å². The van der Waals surface area contributed by atoms with Crippen LogP contribution in [-0.2, 0) is 10.0 Å². The highest BCUT2D eigenvalue weighted by atomic mass is 32.2. The van der Waals surface area contributed by atoms with E-state index in [4.69, 9.17) is 15.2 Å². The molecule has 1 aromatic carbocycles. The van der Waals surface area contributed by atoms with Crippen molar-refractivity contribution < 1.29 is 18.5 Å². The highest BCUT2D eigenvalue weighted by Gasteiger charge is 2.03. The number of primary sulfonamides is 1. The van der Waals surface area contributed by atoms with E-state index < -0.39 is 17.7 Å². The van der Waals surface area contributed by atoms with E-state index in [1.165, 1.54) is 12.1 Å². The first-order chi connectivity index (χ1) is 6.02. The van der Waals surface area contributed by atoms with Crippen LogP contribution < -0.4 is 5.14 Å². The van der Waals surface area contributed by atoms with E-state index in [2.05, 4.69) is 0 Å². The normalized spacial score (nSPS) is 9.77. The topological polar surface area (TPSA) is 101 Å². The third kappa shape index (κ3) is 5.37. The predicted octanol–water partition coefficient (Wildman–Crippen LogP) is -1.43. The highest BCUT2D eigenvalue weighted by Crippen LogP contribution is 2.02. The van der Waals surface area contributed by atoms with E-state index in [0.29, 0.717) is 0 Å². The molecule has 0 aromatic heterocycles. The molecule has 0 atom stereocenters. The van der Waals surface area contributed by atoms with Gasteiger partial charge in [0.1, 0.15) is 0 Å². The van der Waals surface area contributed by atoms with Crippen LogP contribution in [0.4, 0.5) is 0 Å². The van der Waals surface area contributed by atoms with Gasteiger partial charge in [0, 0.05) is 0 Å². The lowest BCUT2D eigenvalue weighted by molar-refractivity contribution is 0.448. The molecule has 0 bridgehead atoms. The Morgan fingerprint density at radius 1 is 1.15 bits per heavy atom. The van der Waals surface area contributed by atoms with Gasteiger partial charge in [0.05, 0.1) is 4.90 Å². The summed E-state index contributed by atoms with van der Waals surface area (Å²) in [6.07, 6.45) is 0. The van der Waals surface area contributed by atoms with E-state index in [9.17, 15) is 8.42 Å². The lowest BCUT2D eigenvalue weighted by Crippen LogP contribution is -2.11. The number of benzene rings is 1. The Bertz CT molecular complexity index is 326. The van der Waals surface area contributed by atoms with Crippen LogP contribution in [0.2, 0.25) is 0 Å². The van der Waals surface area contributed by atoms with Crippen molar-refractivity contribution in [3.63, 3.8) is 0 Å².